The molecule has 0 radical (unpaired) electrons. The summed E-state index contributed by atoms with van der Waals surface area (Å²) < 4.78 is 32.8. The number of amides is 2. The van der Waals surface area contributed by atoms with Crippen LogP contribution in [0.3, 0.4) is 0 Å². The van der Waals surface area contributed by atoms with E-state index in [0.717, 1.165) is 16.2 Å². The van der Waals surface area contributed by atoms with E-state index >= 15 is 0 Å². The summed E-state index contributed by atoms with van der Waals surface area (Å²) in [7, 11) is -4.92. The Balaban J connectivity index is 0.000000770. The first-order valence-corrected chi connectivity index (χ1v) is 11.1. The van der Waals surface area contributed by atoms with Gasteiger partial charge in [-0.05, 0) is 5.57 Å². The Morgan fingerprint density at radius 2 is 2.06 bits per heavy atom. The van der Waals surface area contributed by atoms with Crippen molar-refractivity contribution >= 4 is 62.1 Å². The number of nitrogen functional groups attached to an aromatic ring is 1. The van der Waals surface area contributed by atoms with Gasteiger partial charge in [-0.3, -0.25) is 19.0 Å². The Morgan fingerprint density at radius 1 is 1.47 bits per heavy atom. The van der Waals surface area contributed by atoms with Crippen molar-refractivity contribution in [2.24, 2.45) is 5.16 Å². The maximum atomic E-state index is 12.4. The van der Waals surface area contributed by atoms with Crippen LogP contribution in [-0.4, -0.2) is 78.4 Å². The van der Waals surface area contributed by atoms with Crippen molar-refractivity contribution < 1.29 is 111 Å². The van der Waals surface area contributed by atoms with Gasteiger partial charge in [-0.15, -0.1) is 23.1 Å². The van der Waals surface area contributed by atoms with E-state index in [1.54, 1.807) is 0 Å². The van der Waals surface area contributed by atoms with Crippen molar-refractivity contribution in [2.45, 2.75) is 11.4 Å². The zero-order valence-corrected chi connectivity index (χ0v) is 24.9. The van der Waals surface area contributed by atoms with Gasteiger partial charge in [0.1, 0.15) is 22.8 Å². The molecule has 168 valence electrons. The molecule has 0 saturated carbocycles. The van der Waals surface area contributed by atoms with Crippen LogP contribution in [0.15, 0.2) is 34.5 Å². The molecule has 1 aromatic heterocycles. The number of carbonyl (C=O) groups is 3. The number of aromatic nitrogens is 1. The number of β-lactam (4-membered cyclic amide) rings is 1. The van der Waals surface area contributed by atoms with Crippen molar-refractivity contribution in [2.75, 3.05) is 11.5 Å². The first-order chi connectivity index (χ1) is 14.4. The third kappa shape index (κ3) is 7.03. The molecule has 1 fully saturated rings. The van der Waals surface area contributed by atoms with Gasteiger partial charge in [-0.1, -0.05) is 17.8 Å². The molecule has 1 saturated heterocycles. The van der Waals surface area contributed by atoms with Crippen LogP contribution < -0.4 is 79.9 Å². The summed E-state index contributed by atoms with van der Waals surface area (Å²) in [4.78, 5) is 41.2. The molecule has 14 nitrogen and oxygen atoms in total. The number of carboxylic acids is 1. The van der Waals surface area contributed by atoms with E-state index in [2.05, 4.69) is 22.0 Å². The van der Waals surface area contributed by atoms with Crippen LogP contribution in [0.2, 0.25) is 0 Å². The summed E-state index contributed by atoms with van der Waals surface area (Å²) in [6.45, 7) is 3.56. The molecule has 2 amide bonds. The molecule has 2 atom stereocenters. The number of rotatable bonds is 5. The smallest absolute Gasteiger partial charge is 0.726 e. The molecule has 0 spiro atoms. The molecule has 2 aliphatic heterocycles. The molecule has 0 unspecified atom stereocenters. The Bertz CT molecular complexity index is 1090. The number of aliphatic carboxylic acids is 1. The van der Waals surface area contributed by atoms with E-state index in [4.69, 9.17) is 28.5 Å². The number of carboxylic acid groups (broad SMARTS) is 1. The van der Waals surface area contributed by atoms with Gasteiger partial charge in [0.05, 0.1) is 0 Å². The Labute approximate surface area is 248 Å². The Kier molecular flexibility index (Phi) is 10.9. The van der Waals surface area contributed by atoms with Gasteiger partial charge in [0.25, 0.3) is 11.8 Å². The quantitative estimate of drug-likeness (QED) is 0.0524. The monoisotopic (exact) mass is 625 g/mol. The van der Waals surface area contributed by atoms with Crippen molar-refractivity contribution in [1.82, 2.24) is 15.2 Å². The minimum absolute atomic E-state index is 0. The summed E-state index contributed by atoms with van der Waals surface area (Å²) in [5.41, 5.74) is 5.49. The third-order valence-electron chi connectivity index (χ3n) is 3.81. The fraction of sp³-hybridized carbons (Fsp3) is 0.214. The van der Waals surface area contributed by atoms with Crippen molar-refractivity contribution in [3.63, 3.8) is 0 Å². The zero-order chi connectivity index (χ0) is 23.5. The van der Waals surface area contributed by atoms with Gasteiger partial charge in [0.2, 0.25) is 10.4 Å². The van der Waals surface area contributed by atoms with Gasteiger partial charge < -0.3 is 25.9 Å². The molecule has 32 heavy (non-hydrogen) atoms. The van der Waals surface area contributed by atoms with E-state index in [0.29, 0.717) is 11.3 Å². The SMILES string of the molecule is C=CC1=C(C(=O)O)N2C(=O)[C@@H](NC(=O)/C(=N\O)c3csc(N)n3)[C@H]2SC1.O=S(=O)([O-])O.[Cs+]. The van der Waals surface area contributed by atoms with Crippen LogP contribution in [0.4, 0.5) is 5.13 Å². The molecule has 0 aromatic carbocycles. The zero-order valence-electron chi connectivity index (χ0n) is 16.2. The van der Waals surface area contributed by atoms with Crippen LogP contribution in [0.5, 0.6) is 0 Å². The third-order valence-corrected chi connectivity index (χ3v) is 5.79. The molecule has 6 N–H and O–H groups in total. The largest absolute Gasteiger partial charge is 1.00 e. The maximum Gasteiger partial charge on any atom is 1.00 e. The number of thioether (sulfide) groups is 1. The minimum atomic E-state index is -4.92. The van der Waals surface area contributed by atoms with Crippen LogP contribution in [0.1, 0.15) is 5.69 Å². The van der Waals surface area contributed by atoms with Gasteiger partial charge in [-0.2, -0.15) is 0 Å². The minimum Gasteiger partial charge on any atom is -0.726 e. The van der Waals surface area contributed by atoms with Crippen molar-refractivity contribution in [1.29, 1.82) is 0 Å². The number of anilines is 1. The summed E-state index contributed by atoms with van der Waals surface area (Å²) in [5, 5.41) is 24.9. The first kappa shape index (κ1) is 29.1. The van der Waals surface area contributed by atoms with E-state index in [9.17, 15) is 19.5 Å². The van der Waals surface area contributed by atoms with Crippen molar-refractivity contribution in [3.05, 3.63) is 35.0 Å². The summed E-state index contributed by atoms with van der Waals surface area (Å²) in [5.74, 6) is -2.27. The number of nitrogens with two attached hydrogens (primary N) is 1. The van der Waals surface area contributed by atoms with E-state index in [-0.39, 0.29) is 91.1 Å². The van der Waals surface area contributed by atoms with E-state index < -0.39 is 39.6 Å². The summed E-state index contributed by atoms with van der Waals surface area (Å²) in [6.07, 6.45) is 1.40. The van der Waals surface area contributed by atoms with Crippen LogP contribution in [0.25, 0.3) is 0 Å². The summed E-state index contributed by atoms with van der Waals surface area (Å²) >= 11 is 2.37. The fourth-order valence-electron chi connectivity index (χ4n) is 2.62. The molecule has 18 heteroatoms. The van der Waals surface area contributed by atoms with Gasteiger partial charge >= 0.3 is 74.9 Å². The molecular formula is C14H14CsN5O9S3. The van der Waals surface area contributed by atoms with Crippen LogP contribution >= 0.6 is 23.1 Å². The van der Waals surface area contributed by atoms with Crippen LogP contribution in [-0.2, 0) is 24.8 Å². The molecule has 0 bridgehead atoms. The second-order valence-corrected chi connectivity index (χ2v) is 8.54. The number of nitrogens with one attached hydrogen (secondary N) is 1. The average Bonchev–Trinajstić information content (AvgIpc) is 3.09. The maximum absolute atomic E-state index is 12.4. The second-order valence-electron chi connectivity index (χ2n) is 5.69. The molecule has 3 rings (SSSR count). The fourth-order valence-corrected chi connectivity index (χ4v) is 4.51. The first-order valence-electron chi connectivity index (χ1n) is 7.85. The standard InChI is InChI=1S/C14H13N5O5S2.Cs.H2O4S/c1-2-5-3-25-12-8(11(21)19(12)9(5)13(22)23)17-10(20)7(18-24)6-4-26-14(15)16-6;;1-5(2,3)4/h2,4,8,12,24H,1,3H2,(H2,15,16)(H,17,20)(H,22,23);;(H2,1,2,3,4)/q;+1;/p-1/b18-7-;;/t8-,12-;;/m1../s1. The molecular weight excluding hydrogens is 611 g/mol. The van der Waals surface area contributed by atoms with E-state index in [1.165, 1.54) is 23.2 Å². The van der Waals surface area contributed by atoms with Crippen LogP contribution in [0, 0.1) is 0 Å². The number of thiazole rings is 1. The van der Waals surface area contributed by atoms with Crippen molar-refractivity contribution in [3.8, 4) is 0 Å². The number of hydrogen-bond donors (Lipinski definition) is 5. The van der Waals surface area contributed by atoms with Gasteiger partial charge in [0, 0.05) is 11.1 Å². The number of oxime groups is 1. The number of fused-ring (bicyclic) bond motifs is 1. The second kappa shape index (κ2) is 12.0. The molecule has 2 aliphatic rings. The Hall–Kier alpha value is -0.938. The predicted molar refractivity (Wildman–Crippen MR) is 107 cm³/mol. The number of allylic oxidation sites excluding steroid dienone is 1. The summed E-state index contributed by atoms with van der Waals surface area (Å²) in [6, 6.07) is -0.944. The Morgan fingerprint density at radius 3 is 2.50 bits per heavy atom. The van der Waals surface area contributed by atoms with Gasteiger partial charge in [-0.25, -0.2) is 18.2 Å². The number of carbonyl (C=O) groups excluding carboxylic acids is 2. The molecule has 3 heterocycles. The predicted octanol–water partition coefficient (Wildman–Crippen LogP) is -4.16. The average molecular weight is 625 g/mol. The van der Waals surface area contributed by atoms with Gasteiger partial charge in [0.15, 0.2) is 10.8 Å². The normalized spacial score (nSPS) is 20.1. The topological polar surface area (TPSA) is 236 Å². The molecule has 1 aromatic rings. The number of hydrogen-bond acceptors (Lipinski definition) is 12. The number of nitrogens with zero attached hydrogens (tertiary/aromatic N) is 3. The molecule has 0 aliphatic carbocycles. The van der Waals surface area contributed by atoms with E-state index in [1.807, 2.05) is 0 Å².